The second-order valence-electron chi connectivity index (χ2n) is 11.8. The first-order valence-electron chi connectivity index (χ1n) is 15.3. The number of H-pyrrole nitrogens is 2. The van der Waals surface area contributed by atoms with Crippen LogP contribution >= 0.6 is 0 Å². The van der Waals surface area contributed by atoms with E-state index in [0.29, 0.717) is 23.8 Å². The van der Waals surface area contributed by atoms with Gasteiger partial charge < -0.3 is 20.5 Å². The Morgan fingerprint density at radius 1 is 1.13 bits per heavy atom. The van der Waals surface area contributed by atoms with Gasteiger partial charge in [0.15, 0.2) is 5.65 Å². The Hall–Kier alpha value is -5.02. The monoisotopic (exact) mass is 602 g/mol. The Bertz CT molecular complexity index is 1940. The molecule has 0 bridgehead atoms. The third kappa shape index (κ3) is 6.44. The molecule has 1 aliphatic rings. The zero-order chi connectivity index (χ0) is 31.5. The van der Waals surface area contributed by atoms with Crippen molar-refractivity contribution >= 4 is 33.3 Å². The van der Waals surface area contributed by atoms with Gasteiger partial charge in [-0.15, -0.1) is 0 Å². The number of anilines is 1. The molecule has 1 saturated carbocycles. The molecule has 1 fully saturated rings. The van der Waals surface area contributed by atoms with Crippen molar-refractivity contribution in [1.82, 2.24) is 35.4 Å². The molecule has 9 heteroatoms. The molecule has 4 aromatic heterocycles. The van der Waals surface area contributed by atoms with E-state index in [1.807, 2.05) is 51.5 Å². The number of hydrogen-bond donors (Lipinski definition) is 4. The van der Waals surface area contributed by atoms with Crippen LogP contribution in [0.3, 0.4) is 0 Å². The maximum atomic E-state index is 14.7. The first kappa shape index (κ1) is 30.0. The van der Waals surface area contributed by atoms with Gasteiger partial charge in [-0.2, -0.15) is 5.10 Å². The summed E-state index contributed by atoms with van der Waals surface area (Å²) in [6.45, 7) is 11.8. The van der Waals surface area contributed by atoms with Gasteiger partial charge in [0.2, 0.25) is 0 Å². The molecule has 0 unspecified atom stereocenters. The van der Waals surface area contributed by atoms with Crippen LogP contribution in [0.5, 0.6) is 0 Å². The van der Waals surface area contributed by atoms with E-state index >= 15 is 0 Å². The predicted octanol–water partition coefficient (Wildman–Crippen LogP) is 7.66. The van der Waals surface area contributed by atoms with Gasteiger partial charge in [0.05, 0.1) is 11.4 Å². The van der Waals surface area contributed by atoms with Gasteiger partial charge in [-0.25, -0.2) is 14.4 Å². The summed E-state index contributed by atoms with van der Waals surface area (Å²) in [4.78, 5) is 14.8. The molecule has 0 aliphatic heterocycles. The average molecular weight is 603 g/mol. The van der Waals surface area contributed by atoms with Gasteiger partial charge in [0.25, 0.3) is 0 Å². The van der Waals surface area contributed by atoms with Gasteiger partial charge in [0, 0.05) is 58.9 Å². The van der Waals surface area contributed by atoms with Crippen LogP contribution < -0.4 is 10.6 Å². The molecule has 0 saturated heterocycles. The second kappa shape index (κ2) is 12.9. The number of aromatic nitrogens is 5. The van der Waals surface area contributed by atoms with Crippen molar-refractivity contribution in [2.24, 2.45) is 5.92 Å². The van der Waals surface area contributed by atoms with Gasteiger partial charge in [-0.1, -0.05) is 25.7 Å². The van der Waals surface area contributed by atoms with E-state index in [4.69, 9.17) is 0 Å². The van der Waals surface area contributed by atoms with E-state index in [1.165, 1.54) is 25.3 Å². The molecule has 1 aromatic carbocycles. The number of hydrogen-bond acceptors (Lipinski definition) is 6. The van der Waals surface area contributed by atoms with Gasteiger partial charge in [-0.3, -0.25) is 5.10 Å². The maximum Gasteiger partial charge on any atom is 0.181 e. The van der Waals surface area contributed by atoms with E-state index in [-0.39, 0.29) is 5.82 Å². The number of aromatic amines is 2. The molecule has 0 amide bonds. The minimum absolute atomic E-state index is 0.297. The minimum Gasteiger partial charge on any atom is -0.384 e. The third-order valence-corrected chi connectivity index (χ3v) is 8.39. The SMILES string of the molecule is C=C/C(=C\C(=C/C)c1cnc2n[nH]c(-c3cc4c(-c5cc(F)cc(NCCN(C)C)c5)ccnc4[nH]3)c2c1)NC(=C)C1CCC1. The smallest absolute Gasteiger partial charge is 0.181 e. The molecule has 0 atom stereocenters. The first-order chi connectivity index (χ1) is 21.8. The fraction of sp³-hybridized carbons (Fsp3) is 0.250. The summed E-state index contributed by atoms with van der Waals surface area (Å²) in [6, 6.07) is 11.1. The van der Waals surface area contributed by atoms with Crippen LogP contribution in [0.4, 0.5) is 10.1 Å². The number of allylic oxidation sites excluding steroid dienone is 5. The molecule has 45 heavy (non-hydrogen) atoms. The van der Waals surface area contributed by atoms with Crippen molar-refractivity contribution in [2.75, 3.05) is 32.5 Å². The summed E-state index contributed by atoms with van der Waals surface area (Å²) in [6.07, 6.45) is 13.1. The molecular weight excluding hydrogens is 563 g/mol. The first-order valence-corrected chi connectivity index (χ1v) is 15.3. The molecule has 0 spiro atoms. The zero-order valence-corrected chi connectivity index (χ0v) is 26.0. The molecule has 1 aliphatic carbocycles. The standard InChI is InChI=1S/C36H39FN8/c1-6-23(16-28(7-2)41-22(3)24-9-8-10-24)26-18-32-34(43-44-36(32)40-21-26)33-20-31-30(11-12-39-35(31)42-33)25-15-27(37)19-29(17-25)38-13-14-45(4)5/h6-7,11-12,15-21,24,38,41H,2-3,8-10,13-14H2,1,4-5H3,(H,39,42)(H,40,43,44)/b23-6+,28-16+. The Morgan fingerprint density at radius 3 is 2.71 bits per heavy atom. The highest BCUT2D eigenvalue weighted by Crippen LogP contribution is 2.35. The highest BCUT2D eigenvalue weighted by atomic mass is 19.1. The fourth-order valence-corrected chi connectivity index (χ4v) is 5.64. The zero-order valence-electron chi connectivity index (χ0n) is 26.0. The molecule has 6 rings (SSSR count). The highest BCUT2D eigenvalue weighted by Gasteiger charge is 2.21. The number of nitrogens with one attached hydrogen (secondary N) is 4. The maximum absolute atomic E-state index is 14.7. The normalized spacial score (nSPS) is 14.2. The summed E-state index contributed by atoms with van der Waals surface area (Å²) in [7, 11) is 4.02. The molecular formula is C36H39FN8. The van der Waals surface area contributed by atoms with Crippen LogP contribution in [0.2, 0.25) is 0 Å². The fourth-order valence-electron chi connectivity index (χ4n) is 5.64. The van der Waals surface area contributed by atoms with E-state index in [1.54, 1.807) is 12.3 Å². The Morgan fingerprint density at radius 2 is 1.98 bits per heavy atom. The van der Waals surface area contributed by atoms with Crippen molar-refractivity contribution in [3.05, 3.63) is 103 Å². The van der Waals surface area contributed by atoms with Crippen LogP contribution in [-0.2, 0) is 0 Å². The number of pyridine rings is 2. The summed E-state index contributed by atoms with van der Waals surface area (Å²) >= 11 is 0. The van der Waals surface area contributed by atoms with E-state index in [9.17, 15) is 4.39 Å². The molecule has 230 valence electrons. The average Bonchev–Trinajstić information content (AvgIpc) is 3.61. The topological polar surface area (TPSA) is 97.6 Å². The lowest BCUT2D eigenvalue weighted by atomic mass is 9.83. The van der Waals surface area contributed by atoms with Crippen molar-refractivity contribution in [2.45, 2.75) is 26.2 Å². The van der Waals surface area contributed by atoms with Crippen LogP contribution in [0.25, 0.3) is 50.2 Å². The van der Waals surface area contributed by atoms with Crippen LogP contribution in [0.1, 0.15) is 31.7 Å². The Labute approximate surface area is 262 Å². The predicted molar refractivity (Wildman–Crippen MR) is 183 cm³/mol. The second-order valence-corrected chi connectivity index (χ2v) is 11.8. The quantitative estimate of drug-likeness (QED) is 0.110. The van der Waals surface area contributed by atoms with E-state index in [0.717, 1.165) is 68.0 Å². The number of halogens is 1. The van der Waals surface area contributed by atoms with Gasteiger partial charge in [-0.05, 0) is 105 Å². The number of rotatable bonds is 12. The van der Waals surface area contributed by atoms with Crippen molar-refractivity contribution in [3.8, 4) is 22.5 Å². The Balaban J connectivity index is 1.33. The molecule has 5 aromatic rings. The van der Waals surface area contributed by atoms with Crippen LogP contribution in [-0.4, -0.2) is 57.2 Å². The minimum atomic E-state index is -0.297. The lowest BCUT2D eigenvalue weighted by Gasteiger charge is -2.28. The number of nitrogens with zero attached hydrogens (tertiary/aromatic N) is 4. The van der Waals surface area contributed by atoms with Crippen molar-refractivity contribution in [1.29, 1.82) is 0 Å². The summed E-state index contributed by atoms with van der Waals surface area (Å²) in [5.74, 6) is 0.225. The molecule has 4 heterocycles. The van der Waals surface area contributed by atoms with Crippen LogP contribution in [0, 0.1) is 11.7 Å². The van der Waals surface area contributed by atoms with Gasteiger partial charge in [0.1, 0.15) is 11.5 Å². The van der Waals surface area contributed by atoms with E-state index in [2.05, 4.69) is 72.1 Å². The summed E-state index contributed by atoms with van der Waals surface area (Å²) in [5, 5.41) is 16.2. The largest absolute Gasteiger partial charge is 0.384 e. The lowest BCUT2D eigenvalue weighted by Crippen LogP contribution is -2.23. The highest BCUT2D eigenvalue weighted by molar-refractivity contribution is 6.00. The van der Waals surface area contributed by atoms with Crippen molar-refractivity contribution in [3.63, 3.8) is 0 Å². The Kier molecular flexibility index (Phi) is 8.62. The number of benzene rings is 1. The summed E-state index contributed by atoms with van der Waals surface area (Å²) < 4.78 is 14.7. The lowest BCUT2D eigenvalue weighted by molar-refractivity contribution is 0.356. The van der Waals surface area contributed by atoms with Crippen LogP contribution in [0.15, 0.2) is 91.6 Å². The molecule has 8 nitrogen and oxygen atoms in total. The van der Waals surface area contributed by atoms with E-state index < -0.39 is 0 Å². The van der Waals surface area contributed by atoms with Gasteiger partial charge >= 0.3 is 0 Å². The summed E-state index contributed by atoms with van der Waals surface area (Å²) in [5.41, 5.74) is 9.21. The van der Waals surface area contributed by atoms with Crippen molar-refractivity contribution < 1.29 is 4.39 Å². The molecule has 4 N–H and O–H groups in total. The number of likely N-dealkylation sites (N-methyl/N-ethyl adjacent to an activating group) is 1. The number of fused-ring (bicyclic) bond motifs is 2. The molecule has 0 radical (unpaired) electrons. The third-order valence-electron chi connectivity index (χ3n) is 8.39.